The van der Waals surface area contributed by atoms with E-state index in [1.165, 1.54) is 11.8 Å². The number of thioether (sulfide) groups is 1. The maximum absolute atomic E-state index is 12.3. The van der Waals surface area contributed by atoms with Crippen LogP contribution >= 0.6 is 11.8 Å². The molecule has 0 bridgehead atoms. The predicted octanol–water partition coefficient (Wildman–Crippen LogP) is 1.77. The molecule has 0 aromatic heterocycles. The average molecular weight is 305 g/mol. The maximum Gasteiger partial charge on any atom is 0.223 e. The van der Waals surface area contributed by atoms with Crippen LogP contribution in [-0.4, -0.2) is 39.4 Å². The zero-order valence-corrected chi connectivity index (χ0v) is 12.8. The number of aliphatic hydroxyl groups excluding tert-OH is 1. The SMILES string of the molecule is CC(=O)SCC1CC(=O)N([C@@H]2c3ccccc3C[C@@H]2O)C1. The Morgan fingerprint density at radius 1 is 1.38 bits per heavy atom. The van der Waals surface area contributed by atoms with Gasteiger partial charge in [-0.3, -0.25) is 9.59 Å². The molecule has 0 saturated carbocycles. The van der Waals surface area contributed by atoms with Gasteiger partial charge in [0.15, 0.2) is 5.12 Å². The largest absolute Gasteiger partial charge is 0.390 e. The highest BCUT2D eigenvalue weighted by Gasteiger charge is 2.42. The average Bonchev–Trinajstić information content (AvgIpc) is 2.95. The van der Waals surface area contributed by atoms with E-state index < -0.39 is 6.10 Å². The number of nitrogens with zero attached hydrogens (tertiary/aromatic N) is 1. The van der Waals surface area contributed by atoms with Crippen molar-refractivity contribution in [1.82, 2.24) is 4.90 Å². The van der Waals surface area contributed by atoms with Crippen molar-refractivity contribution in [3.63, 3.8) is 0 Å². The molecule has 1 aromatic carbocycles. The first-order valence-electron chi connectivity index (χ1n) is 7.25. The molecule has 1 unspecified atom stereocenters. The summed E-state index contributed by atoms with van der Waals surface area (Å²) >= 11 is 1.28. The summed E-state index contributed by atoms with van der Waals surface area (Å²) in [5.41, 5.74) is 2.20. The lowest BCUT2D eigenvalue weighted by molar-refractivity contribution is -0.131. The van der Waals surface area contributed by atoms with E-state index in [-0.39, 0.29) is 23.0 Å². The summed E-state index contributed by atoms with van der Waals surface area (Å²) in [5, 5.41) is 10.4. The molecule has 1 amide bonds. The first-order valence-corrected chi connectivity index (χ1v) is 8.23. The smallest absolute Gasteiger partial charge is 0.223 e. The number of amides is 1. The summed E-state index contributed by atoms with van der Waals surface area (Å²) < 4.78 is 0. The lowest BCUT2D eigenvalue weighted by Crippen LogP contribution is -2.35. The van der Waals surface area contributed by atoms with E-state index in [0.29, 0.717) is 25.1 Å². The highest BCUT2D eigenvalue weighted by molar-refractivity contribution is 8.13. The molecule has 5 heteroatoms. The lowest BCUT2D eigenvalue weighted by Gasteiger charge is -2.28. The Balaban J connectivity index is 1.75. The summed E-state index contributed by atoms with van der Waals surface area (Å²) in [5.74, 6) is 0.971. The monoisotopic (exact) mass is 305 g/mol. The number of fused-ring (bicyclic) bond motifs is 1. The number of benzene rings is 1. The van der Waals surface area contributed by atoms with Gasteiger partial charge in [0.05, 0.1) is 12.1 Å². The highest BCUT2D eigenvalue weighted by Crippen LogP contribution is 2.39. The van der Waals surface area contributed by atoms with Crippen molar-refractivity contribution in [1.29, 1.82) is 0 Å². The van der Waals surface area contributed by atoms with Gasteiger partial charge in [-0.05, 0) is 17.0 Å². The van der Waals surface area contributed by atoms with Gasteiger partial charge in [0.2, 0.25) is 5.91 Å². The number of carbonyl (C=O) groups excluding carboxylic acids is 2. The Labute approximate surface area is 128 Å². The van der Waals surface area contributed by atoms with Gasteiger partial charge in [-0.1, -0.05) is 36.0 Å². The number of likely N-dealkylation sites (tertiary alicyclic amines) is 1. The summed E-state index contributed by atoms with van der Waals surface area (Å²) in [6.45, 7) is 2.19. The molecule has 1 aromatic rings. The molecule has 3 atom stereocenters. The van der Waals surface area contributed by atoms with E-state index in [1.807, 2.05) is 29.2 Å². The molecule has 1 heterocycles. The quantitative estimate of drug-likeness (QED) is 0.925. The minimum absolute atomic E-state index is 0.0879. The Morgan fingerprint density at radius 3 is 2.90 bits per heavy atom. The molecule has 0 radical (unpaired) electrons. The van der Waals surface area contributed by atoms with Crippen molar-refractivity contribution in [3.05, 3.63) is 35.4 Å². The van der Waals surface area contributed by atoms with Crippen molar-refractivity contribution >= 4 is 22.8 Å². The fraction of sp³-hybridized carbons (Fsp3) is 0.500. The molecule has 4 nitrogen and oxygen atoms in total. The maximum atomic E-state index is 12.3. The number of carbonyl (C=O) groups is 2. The second-order valence-electron chi connectivity index (χ2n) is 5.83. The van der Waals surface area contributed by atoms with E-state index in [9.17, 15) is 14.7 Å². The van der Waals surface area contributed by atoms with Crippen LogP contribution in [0, 0.1) is 5.92 Å². The molecule has 0 spiro atoms. The van der Waals surface area contributed by atoms with Crippen LogP contribution in [0.5, 0.6) is 0 Å². The third kappa shape index (κ3) is 2.85. The van der Waals surface area contributed by atoms with Crippen LogP contribution in [-0.2, 0) is 16.0 Å². The fourth-order valence-electron chi connectivity index (χ4n) is 3.35. The summed E-state index contributed by atoms with van der Waals surface area (Å²) in [4.78, 5) is 25.2. The number of aliphatic hydroxyl groups is 1. The zero-order chi connectivity index (χ0) is 15.0. The molecule has 21 heavy (non-hydrogen) atoms. The van der Waals surface area contributed by atoms with Crippen molar-refractivity contribution in [2.24, 2.45) is 5.92 Å². The van der Waals surface area contributed by atoms with Crippen LogP contribution in [0.3, 0.4) is 0 Å². The molecular weight excluding hydrogens is 286 g/mol. The fourth-order valence-corrected chi connectivity index (χ4v) is 4.05. The van der Waals surface area contributed by atoms with Gasteiger partial charge in [0, 0.05) is 32.1 Å². The first kappa shape index (κ1) is 14.6. The van der Waals surface area contributed by atoms with Gasteiger partial charge >= 0.3 is 0 Å². The molecule has 2 aliphatic rings. The van der Waals surface area contributed by atoms with Crippen LogP contribution in [0.4, 0.5) is 0 Å². The van der Waals surface area contributed by atoms with E-state index in [0.717, 1.165) is 11.1 Å². The Morgan fingerprint density at radius 2 is 2.14 bits per heavy atom. The summed E-state index contributed by atoms with van der Waals surface area (Å²) in [6, 6.07) is 7.71. The van der Waals surface area contributed by atoms with Crippen molar-refractivity contribution < 1.29 is 14.7 Å². The molecule has 3 rings (SSSR count). The number of hydrogen-bond acceptors (Lipinski definition) is 4. The topological polar surface area (TPSA) is 57.6 Å². The molecule has 1 N–H and O–H groups in total. The van der Waals surface area contributed by atoms with Crippen molar-refractivity contribution in [2.45, 2.75) is 31.9 Å². The van der Waals surface area contributed by atoms with Crippen LogP contribution in [0.25, 0.3) is 0 Å². The Kier molecular flexibility index (Phi) is 4.04. The third-order valence-corrected chi connectivity index (χ3v) is 5.31. The van der Waals surface area contributed by atoms with E-state index in [4.69, 9.17) is 0 Å². The van der Waals surface area contributed by atoms with Gasteiger partial charge in [0.1, 0.15) is 0 Å². The molecule has 1 fully saturated rings. The molecular formula is C16H19NO3S. The molecule has 1 aliphatic carbocycles. The van der Waals surface area contributed by atoms with E-state index >= 15 is 0 Å². The van der Waals surface area contributed by atoms with Crippen LogP contribution in [0.1, 0.15) is 30.5 Å². The van der Waals surface area contributed by atoms with Gasteiger partial charge < -0.3 is 10.0 Å². The molecule has 1 aliphatic heterocycles. The predicted molar refractivity (Wildman–Crippen MR) is 81.9 cm³/mol. The van der Waals surface area contributed by atoms with Gasteiger partial charge in [-0.2, -0.15) is 0 Å². The molecule has 112 valence electrons. The summed E-state index contributed by atoms with van der Waals surface area (Å²) in [7, 11) is 0. The number of hydrogen-bond donors (Lipinski definition) is 1. The van der Waals surface area contributed by atoms with E-state index in [2.05, 4.69) is 0 Å². The van der Waals surface area contributed by atoms with Gasteiger partial charge in [-0.25, -0.2) is 0 Å². The van der Waals surface area contributed by atoms with Crippen molar-refractivity contribution in [3.8, 4) is 0 Å². The Bertz CT molecular complexity index is 574. The van der Waals surface area contributed by atoms with Gasteiger partial charge in [-0.15, -0.1) is 0 Å². The standard InChI is InChI=1S/C16H19NO3S/c1-10(18)21-9-11-6-15(20)17(8-11)16-13-5-3-2-4-12(13)7-14(16)19/h2-5,11,14,16,19H,6-9H2,1H3/t11?,14-,16+/m0/s1. The van der Waals surface area contributed by atoms with Crippen LogP contribution in [0.2, 0.25) is 0 Å². The normalized spacial score (nSPS) is 28.0. The molecule has 1 saturated heterocycles. The third-order valence-electron chi connectivity index (χ3n) is 4.26. The minimum atomic E-state index is -0.523. The second kappa shape index (κ2) is 5.81. The lowest BCUT2D eigenvalue weighted by atomic mass is 10.1. The van der Waals surface area contributed by atoms with E-state index in [1.54, 1.807) is 6.92 Å². The summed E-state index contributed by atoms with van der Waals surface area (Å²) in [6.07, 6.45) is 0.564. The number of rotatable bonds is 3. The van der Waals surface area contributed by atoms with Crippen LogP contribution in [0.15, 0.2) is 24.3 Å². The first-order chi connectivity index (χ1) is 10.1. The second-order valence-corrected chi connectivity index (χ2v) is 7.03. The Hall–Kier alpha value is -1.33. The highest BCUT2D eigenvalue weighted by atomic mass is 32.2. The zero-order valence-electron chi connectivity index (χ0n) is 12.0. The van der Waals surface area contributed by atoms with Crippen LogP contribution < -0.4 is 0 Å². The van der Waals surface area contributed by atoms with Crippen molar-refractivity contribution in [2.75, 3.05) is 12.3 Å². The minimum Gasteiger partial charge on any atom is -0.390 e. The van der Waals surface area contributed by atoms with Gasteiger partial charge in [0.25, 0.3) is 0 Å².